The third kappa shape index (κ3) is 11.4. The van der Waals surface area contributed by atoms with E-state index in [0.29, 0.717) is 0 Å². The minimum atomic E-state index is 0.926. The molecule has 3 rings (SSSR count). The molecule has 0 amide bonds. The molecule has 0 fully saturated rings. The first-order valence-corrected chi connectivity index (χ1v) is 18.8. The molecule has 1 heterocycles. The standard InChI is InChI=1S/C34H48N2.2C2H5.Pd/c1-6-11-14-15-18-30-25-33(31-21-26(9-4)19-27(10-5)22-31)36(35)34(30)32-23-28(16-12-7-2)20-29(24-32)17-13-8-3;2*1-2;/h19-25H,6-18H2,1-5H3;2*1H2,2H3;. The van der Waals surface area contributed by atoms with Crippen LogP contribution in [0.15, 0.2) is 48.0 Å². The van der Waals surface area contributed by atoms with Crippen LogP contribution in [0.2, 0.25) is 9.79 Å². The number of aryl methyl sites for hydroxylation is 4. The molecule has 1 aliphatic heterocycles. The summed E-state index contributed by atoms with van der Waals surface area (Å²) in [7, 11) is 0. The summed E-state index contributed by atoms with van der Waals surface area (Å²) in [5, 5.41) is 0. The van der Waals surface area contributed by atoms with Gasteiger partial charge < -0.3 is 5.53 Å². The number of benzene rings is 2. The molecule has 0 atom stereocenters. The second-order valence-electron chi connectivity index (χ2n) is 11.1. The number of allylic oxidation sites excluding steroid dienone is 2. The Labute approximate surface area is 261 Å². The Bertz CT molecular complexity index is 1090. The molecule has 230 valence electrons. The molecule has 2 aromatic carbocycles. The fourth-order valence-corrected chi connectivity index (χ4v) is 6.20. The van der Waals surface area contributed by atoms with Crippen LogP contribution in [-0.4, -0.2) is 4.70 Å². The average molecular weight is 649 g/mol. The molecule has 2 aromatic rings. The molecule has 0 spiro atoms. The van der Waals surface area contributed by atoms with Crippen LogP contribution in [0.25, 0.3) is 16.9 Å². The fourth-order valence-electron chi connectivity index (χ4n) is 5.42. The number of rotatable bonds is 17. The molecule has 0 saturated carbocycles. The van der Waals surface area contributed by atoms with Gasteiger partial charge in [-0.3, -0.25) is 0 Å². The molecule has 41 heavy (non-hydrogen) atoms. The van der Waals surface area contributed by atoms with Crippen molar-refractivity contribution in [1.82, 2.24) is 0 Å². The quantitative estimate of drug-likeness (QED) is 0.0926. The first-order valence-electron chi connectivity index (χ1n) is 16.6. The summed E-state index contributed by atoms with van der Waals surface area (Å²) < 4.78 is 1.51. The Morgan fingerprint density at radius 3 is 1.54 bits per heavy atom. The van der Waals surface area contributed by atoms with Crippen LogP contribution in [0.5, 0.6) is 0 Å². The summed E-state index contributed by atoms with van der Waals surface area (Å²) in [6.07, 6.45) is 17.2. The van der Waals surface area contributed by atoms with E-state index in [0.717, 1.165) is 73.5 Å². The van der Waals surface area contributed by atoms with Gasteiger partial charge >= 0.3 is 41.6 Å². The first kappa shape index (κ1) is 35.4. The summed E-state index contributed by atoms with van der Waals surface area (Å²) >= 11 is 1.04. The van der Waals surface area contributed by atoms with Gasteiger partial charge in [-0.05, 0) is 97.9 Å². The van der Waals surface area contributed by atoms with Crippen molar-refractivity contribution >= 4 is 11.4 Å². The Hall–Kier alpha value is -1.82. The summed E-state index contributed by atoms with van der Waals surface area (Å²) in [5.41, 5.74) is 22.7. The van der Waals surface area contributed by atoms with Crippen LogP contribution >= 0.6 is 0 Å². The summed E-state index contributed by atoms with van der Waals surface area (Å²) in [6.45, 7) is 15.7. The van der Waals surface area contributed by atoms with Gasteiger partial charge in [0.15, 0.2) is 0 Å². The van der Waals surface area contributed by atoms with Gasteiger partial charge in [0.05, 0.1) is 0 Å². The second-order valence-corrected chi connectivity index (χ2v) is 14.1. The minimum absolute atomic E-state index is 0.926. The summed E-state index contributed by atoms with van der Waals surface area (Å²) in [4.78, 5) is 2.79. The van der Waals surface area contributed by atoms with Crippen molar-refractivity contribution in [2.24, 2.45) is 0 Å². The average Bonchev–Trinajstić information content (AvgIpc) is 3.33. The van der Waals surface area contributed by atoms with E-state index in [1.807, 2.05) is 0 Å². The van der Waals surface area contributed by atoms with E-state index in [2.05, 4.69) is 90.9 Å². The van der Waals surface area contributed by atoms with Crippen LogP contribution in [0.4, 0.5) is 0 Å². The molecule has 3 heteroatoms. The van der Waals surface area contributed by atoms with Crippen molar-refractivity contribution in [3.63, 3.8) is 0 Å². The fraction of sp³-hybridized carbons (Fsp3) is 0.579. The SMILES string of the molecule is CCCCCCC1=C(c2cc(CCCC)cc(CCCC)c2)[N+](=[N-])C(c2cc(CC)cc(CC)c2)=C1.C[CH2][Pd][CH2]C. The third-order valence-corrected chi connectivity index (χ3v) is 9.35. The molecule has 0 radical (unpaired) electrons. The zero-order valence-corrected chi connectivity index (χ0v) is 28.9. The molecule has 0 bridgehead atoms. The van der Waals surface area contributed by atoms with Crippen LogP contribution in [0.1, 0.15) is 140 Å². The van der Waals surface area contributed by atoms with Gasteiger partial charge in [-0.2, -0.15) is 0 Å². The van der Waals surface area contributed by atoms with E-state index in [4.69, 9.17) is 0 Å². The molecule has 0 unspecified atom stereocenters. The molecular formula is C38H58N2Pd. The van der Waals surface area contributed by atoms with Crippen LogP contribution in [0.3, 0.4) is 0 Å². The van der Waals surface area contributed by atoms with Gasteiger partial charge in [0, 0.05) is 22.8 Å². The van der Waals surface area contributed by atoms with Crippen LogP contribution < -0.4 is 0 Å². The van der Waals surface area contributed by atoms with Crippen LogP contribution in [0, 0.1) is 0 Å². The van der Waals surface area contributed by atoms with E-state index >= 15 is 0 Å². The number of hydrogen-bond acceptors (Lipinski definition) is 0. The molecule has 0 saturated heterocycles. The zero-order chi connectivity index (χ0) is 30.0. The summed E-state index contributed by atoms with van der Waals surface area (Å²) in [5.74, 6) is 0. The van der Waals surface area contributed by atoms with Gasteiger partial charge in [-0.25, -0.2) is 4.70 Å². The van der Waals surface area contributed by atoms with Crippen molar-refractivity contribution < 1.29 is 22.7 Å². The van der Waals surface area contributed by atoms with Crippen molar-refractivity contribution in [2.75, 3.05) is 0 Å². The molecule has 0 aromatic heterocycles. The van der Waals surface area contributed by atoms with Gasteiger partial charge in [0.2, 0.25) is 11.4 Å². The summed E-state index contributed by atoms with van der Waals surface area (Å²) in [6, 6.07) is 13.9. The zero-order valence-electron chi connectivity index (χ0n) is 27.4. The maximum atomic E-state index is 11.7. The predicted molar refractivity (Wildman–Crippen MR) is 177 cm³/mol. The normalized spacial score (nSPS) is 13.0. The Morgan fingerprint density at radius 2 is 1.07 bits per heavy atom. The Kier molecular flexibility index (Phi) is 17.4. The Balaban J connectivity index is 0.00000108. The van der Waals surface area contributed by atoms with E-state index in [-0.39, 0.29) is 0 Å². The molecule has 0 aliphatic carbocycles. The molecule has 0 N–H and O–H groups in total. The molecule has 1 aliphatic rings. The van der Waals surface area contributed by atoms with E-state index in [1.165, 1.54) is 92.8 Å². The second kappa shape index (κ2) is 20.2. The molecular weight excluding hydrogens is 591 g/mol. The van der Waals surface area contributed by atoms with Crippen molar-refractivity contribution in [1.29, 1.82) is 0 Å². The maximum absolute atomic E-state index is 11.7. The van der Waals surface area contributed by atoms with E-state index in [9.17, 15) is 5.53 Å². The number of hydrogen-bond donors (Lipinski definition) is 0. The van der Waals surface area contributed by atoms with Gasteiger partial charge in [-0.1, -0.05) is 78.9 Å². The number of unbranched alkanes of at least 4 members (excludes halogenated alkanes) is 5. The van der Waals surface area contributed by atoms with Gasteiger partial charge in [0.1, 0.15) is 0 Å². The van der Waals surface area contributed by atoms with Crippen molar-refractivity contribution in [3.8, 4) is 0 Å². The predicted octanol–water partition coefficient (Wildman–Crippen LogP) is 12.2. The van der Waals surface area contributed by atoms with E-state index < -0.39 is 0 Å². The topological polar surface area (TPSA) is 25.3 Å². The Morgan fingerprint density at radius 1 is 0.561 bits per heavy atom. The number of nitrogens with zero attached hydrogens (tertiary/aromatic N) is 2. The third-order valence-electron chi connectivity index (χ3n) is 7.80. The van der Waals surface area contributed by atoms with Crippen molar-refractivity contribution in [3.05, 3.63) is 87.0 Å². The van der Waals surface area contributed by atoms with Gasteiger partial charge in [-0.15, -0.1) is 0 Å². The van der Waals surface area contributed by atoms with Gasteiger partial charge in [0.25, 0.3) is 0 Å². The van der Waals surface area contributed by atoms with E-state index in [1.54, 1.807) is 0 Å². The monoisotopic (exact) mass is 648 g/mol. The molecule has 2 nitrogen and oxygen atoms in total. The van der Waals surface area contributed by atoms with Crippen LogP contribution in [-0.2, 0) is 43.7 Å². The first-order chi connectivity index (χ1) is 20.0. The van der Waals surface area contributed by atoms with Crippen molar-refractivity contribution in [2.45, 2.75) is 142 Å².